The lowest BCUT2D eigenvalue weighted by molar-refractivity contribution is -0.0289. The molecule has 0 atom stereocenters. The van der Waals surface area contributed by atoms with Crippen LogP contribution >= 0.6 is 0 Å². The first-order valence-electron chi connectivity index (χ1n) is 4.85. The lowest BCUT2D eigenvalue weighted by atomic mass is 10.2. The Morgan fingerprint density at radius 2 is 1.94 bits per heavy atom. The molecular weight excluding hydrogens is 214 g/mol. The molecule has 0 amide bonds. The zero-order valence-corrected chi connectivity index (χ0v) is 8.83. The van der Waals surface area contributed by atoms with E-state index in [4.69, 9.17) is 9.84 Å². The van der Waals surface area contributed by atoms with Gasteiger partial charge in [0, 0.05) is 5.57 Å². The quantitative estimate of drug-likeness (QED) is 0.757. The van der Waals surface area contributed by atoms with Crippen LogP contribution in [0.1, 0.15) is 5.56 Å². The molecule has 0 aliphatic rings. The van der Waals surface area contributed by atoms with Crippen molar-refractivity contribution in [2.24, 2.45) is 0 Å². The van der Waals surface area contributed by atoms with Gasteiger partial charge in [-0.3, -0.25) is 0 Å². The van der Waals surface area contributed by atoms with Crippen molar-refractivity contribution in [2.75, 3.05) is 13.2 Å². The number of ether oxygens (including phenoxy) is 1. The number of benzene rings is 1. The van der Waals surface area contributed by atoms with Crippen LogP contribution in [0.4, 0.5) is 8.78 Å². The van der Waals surface area contributed by atoms with E-state index in [-0.39, 0.29) is 13.2 Å². The van der Waals surface area contributed by atoms with Gasteiger partial charge in [-0.2, -0.15) is 8.78 Å². The SMILES string of the molecule is C=C(COCc1ccccc1)C(F)(F)CO. The van der Waals surface area contributed by atoms with Crippen molar-refractivity contribution in [1.82, 2.24) is 0 Å². The number of rotatable bonds is 6. The maximum atomic E-state index is 12.8. The molecule has 1 aromatic carbocycles. The topological polar surface area (TPSA) is 29.5 Å². The van der Waals surface area contributed by atoms with Gasteiger partial charge in [0.05, 0.1) is 13.2 Å². The maximum Gasteiger partial charge on any atom is 0.293 e. The summed E-state index contributed by atoms with van der Waals surface area (Å²) in [6, 6.07) is 9.23. The Morgan fingerprint density at radius 1 is 1.31 bits per heavy atom. The van der Waals surface area contributed by atoms with E-state index in [1.165, 1.54) is 0 Å². The van der Waals surface area contributed by atoms with Gasteiger partial charge in [-0.25, -0.2) is 0 Å². The number of hydrogen-bond acceptors (Lipinski definition) is 2. The molecule has 0 aromatic heterocycles. The smallest absolute Gasteiger partial charge is 0.293 e. The zero-order valence-electron chi connectivity index (χ0n) is 8.83. The van der Waals surface area contributed by atoms with Gasteiger partial charge < -0.3 is 9.84 Å². The summed E-state index contributed by atoms with van der Waals surface area (Å²) in [7, 11) is 0. The van der Waals surface area contributed by atoms with Crippen LogP contribution in [0.2, 0.25) is 0 Å². The number of aliphatic hydroxyl groups is 1. The van der Waals surface area contributed by atoms with Crippen LogP contribution < -0.4 is 0 Å². The van der Waals surface area contributed by atoms with E-state index in [2.05, 4.69) is 6.58 Å². The van der Waals surface area contributed by atoms with Crippen molar-refractivity contribution in [3.63, 3.8) is 0 Å². The van der Waals surface area contributed by atoms with E-state index in [0.29, 0.717) is 0 Å². The number of halogens is 2. The minimum atomic E-state index is -3.27. The molecule has 4 heteroatoms. The largest absolute Gasteiger partial charge is 0.390 e. The molecule has 1 N–H and O–H groups in total. The van der Waals surface area contributed by atoms with Crippen LogP contribution in [-0.4, -0.2) is 24.2 Å². The van der Waals surface area contributed by atoms with E-state index < -0.39 is 18.1 Å². The monoisotopic (exact) mass is 228 g/mol. The van der Waals surface area contributed by atoms with E-state index in [9.17, 15) is 8.78 Å². The summed E-state index contributed by atoms with van der Waals surface area (Å²) in [4.78, 5) is 0. The van der Waals surface area contributed by atoms with E-state index in [0.717, 1.165) is 5.56 Å². The van der Waals surface area contributed by atoms with Gasteiger partial charge in [0.15, 0.2) is 0 Å². The van der Waals surface area contributed by atoms with Crippen LogP contribution in [-0.2, 0) is 11.3 Å². The Bertz CT molecular complexity index is 336. The molecule has 0 aliphatic heterocycles. The minimum Gasteiger partial charge on any atom is -0.390 e. The van der Waals surface area contributed by atoms with E-state index in [1.807, 2.05) is 30.3 Å². The van der Waals surface area contributed by atoms with Gasteiger partial charge >= 0.3 is 0 Å². The molecule has 0 saturated heterocycles. The Kier molecular flexibility index (Phi) is 4.58. The Morgan fingerprint density at radius 3 is 2.50 bits per heavy atom. The fourth-order valence-corrected chi connectivity index (χ4v) is 1.08. The molecule has 0 fully saturated rings. The molecule has 2 nitrogen and oxygen atoms in total. The summed E-state index contributed by atoms with van der Waals surface area (Å²) in [5, 5.41) is 8.41. The second kappa shape index (κ2) is 5.72. The van der Waals surface area contributed by atoms with E-state index in [1.54, 1.807) is 0 Å². The summed E-state index contributed by atoms with van der Waals surface area (Å²) in [6.07, 6.45) is 0. The molecular formula is C12H14F2O2. The summed E-state index contributed by atoms with van der Waals surface area (Å²) >= 11 is 0. The first kappa shape index (κ1) is 12.8. The summed E-state index contributed by atoms with van der Waals surface area (Å²) in [5.41, 5.74) is 0.494. The van der Waals surface area contributed by atoms with Crippen LogP contribution in [0.3, 0.4) is 0 Å². The molecule has 0 saturated carbocycles. The predicted octanol–water partition coefficient (Wildman–Crippen LogP) is 2.39. The third kappa shape index (κ3) is 3.72. The first-order valence-corrected chi connectivity index (χ1v) is 4.85. The third-order valence-corrected chi connectivity index (χ3v) is 2.10. The fourth-order valence-electron chi connectivity index (χ4n) is 1.08. The van der Waals surface area contributed by atoms with Crippen LogP contribution in [0.15, 0.2) is 42.5 Å². The Labute approximate surface area is 93.2 Å². The average Bonchev–Trinajstić information content (AvgIpc) is 2.30. The Balaban J connectivity index is 2.34. The highest BCUT2D eigenvalue weighted by atomic mass is 19.3. The second-order valence-electron chi connectivity index (χ2n) is 3.44. The number of hydrogen-bond donors (Lipinski definition) is 1. The molecule has 0 aliphatic carbocycles. The highest BCUT2D eigenvalue weighted by Gasteiger charge is 2.31. The highest BCUT2D eigenvalue weighted by molar-refractivity contribution is 5.14. The average molecular weight is 228 g/mol. The molecule has 0 unspecified atom stereocenters. The van der Waals surface area contributed by atoms with E-state index >= 15 is 0 Å². The van der Waals surface area contributed by atoms with Gasteiger partial charge in [0.2, 0.25) is 0 Å². The summed E-state index contributed by atoms with van der Waals surface area (Å²) in [5.74, 6) is -3.27. The number of alkyl halides is 2. The van der Waals surface area contributed by atoms with Crippen molar-refractivity contribution in [3.8, 4) is 0 Å². The molecule has 1 aromatic rings. The number of aliphatic hydroxyl groups excluding tert-OH is 1. The van der Waals surface area contributed by atoms with Gasteiger partial charge in [-0.05, 0) is 5.56 Å². The standard InChI is InChI=1S/C12H14F2O2/c1-10(12(13,14)9-15)7-16-8-11-5-3-2-4-6-11/h2-6,15H,1,7-9H2. The highest BCUT2D eigenvalue weighted by Crippen LogP contribution is 2.22. The lowest BCUT2D eigenvalue weighted by Crippen LogP contribution is -2.26. The van der Waals surface area contributed by atoms with Crippen LogP contribution in [0, 0.1) is 0 Å². The van der Waals surface area contributed by atoms with Crippen molar-refractivity contribution < 1.29 is 18.6 Å². The van der Waals surface area contributed by atoms with Crippen molar-refractivity contribution in [1.29, 1.82) is 0 Å². The zero-order chi connectivity index (χ0) is 12.0. The normalized spacial score (nSPS) is 11.4. The maximum absolute atomic E-state index is 12.8. The summed E-state index contributed by atoms with van der Waals surface area (Å²) in [6.45, 7) is 1.95. The molecule has 0 spiro atoms. The molecule has 0 heterocycles. The Hall–Kier alpha value is -1.26. The molecule has 16 heavy (non-hydrogen) atoms. The summed E-state index contributed by atoms with van der Waals surface area (Å²) < 4.78 is 30.8. The molecule has 88 valence electrons. The minimum absolute atomic E-state index is 0.251. The first-order chi connectivity index (χ1) is 7.56. The fraction of sp³-hybridized carbons (Fsp3) is 0.333. The second-order valence-corrected chi connectivity index (χ2v) is 3.44. The van der Waals surface area contributed by atoms with Crippen molar-refractivity contribution in [2.45, 2.75) is 12.5 Å². The van der Waals surface area contributed by atoms with Crippen molar-refractivity contribution in [3.05, 3.63) is 48.0 Å². The van der Waals surface area contributed by atoms with Crippen molar-refractivity contribution >= 4 is 0 Å². The van der Waals surface area contributed by atoms with Gasteiger partial charge in [0.25, 0.3) is 5.92 Å². The lowest BCUT2D eigenvalue weighted by Gasteiger charge is -2.16. The van der Waals surface area contributed by atoms with Gasteiger partial charge in [-0.1, -0.05) is 36.9 Å². The van der Waals surface area contributed by atoms with Crippen LogP contribution in [0.5, 0.6) is 0 Å². The molecule has 1 rings (SSSR count). The van der Waals surface area contributed by atoms with Gasteiger partial charge in [-0.15, -0.1) is 0 Å². The van der Waals surface area contributed by atoms with Gasteiger partial charge in [0.1, 0.15) is 6.61 Å². The predicted molar refractivity (Wildman–Crippen MR) is 57.3 cm³/mol. The third-order valence-electron chi connectivity index (χ3n) is 2.10. The molecule has 0 bridgehead atoms. The molecule has 0 radical (unpaired) electrons. The van der Waals surface area contributed by atoms with Crippen LogP contribution in [0.25, 0.3) is 0 Å².